The molecule has 0 spiro atoms. The lowest BCUT2D eigenvalue weighted by atomic mass is 10.2. The summed E-state index contributed by atoms with van der Waals surface area (Å²) in [7, 11) is 0. The molecule has 1 aromatic heterocycles. The number of benzene rings is 1. The fourth-order valence-corrected chi connectivity index (χ4v) is 1.16. The summed E-state index contributed by atoms with van der Waals surface area (Å²) in [6, 6.07) is 4.36. The summed E-state index contributed by atoms with van der Waals surface area (Å²) in [6.45, 7) is 1.65. The number of aromatic nitrogens is 2. The van der Waals surface area contributed by atoms with Gasteiger partial charge in [-0.05, 0) is 18.6 Å². The Morgan fingerprint density at radius 3 is 2.94 bits per heavy atom. The van der Waals surface area contributed by atoms with E-state index < -0.39 is 5.56 Å². The van der Waals surface area contributed by atoms with Crippen LogP contribution in [0.5, 0.6) is 11.6 Å². The lowest BCUT2D eigenvalue weighted by Gasteiger charge is -2.04. The van der Waals surface area contributed by atoms with Crippen LogP contribution >= 0.6 is 0 Å². The number of rotatable bonds is 2. The van der Waals surface area contributed by atoms with Gasteiger partial charge in [-0.2, -0.15) is 0 Å². The van der Waals surface area contributed by atoms with Crippen molar-refractivity contribution in [3.63, 3.8) is 0 Å². The van der Waals surface area contributed by atoms with Crippen LogP contribution in [0, 0.1) is 12.7 Å². The highest BCUT2D eigenvalue weighted by molar-refractivity contribution is 5.30. The van der Waals surface area contributed by atoms with E-state index in [0.717, 1.165) is 0 Å². The smallest absolute Gasteiger partial charge is 0.311 e. The minimum Gasteiger partial charge on any atom is -0.435 e. The quantitative estimate of drug-likeness (QED) is 0.842. The highest BCUT2D eigenvalue weighted by Crippen LogP contribution is 2.19. The number of halogens is 1. The molecule has 0 aliphatic rings. The Labute approximate surface area is 90.7 Å². The van der Waals surface area contributed by atoms with Crippen molar-refractivity contribution in [1.29, 1.82) is 0 Å². The van der Waals surface area contributed by atoms with E-state index in [1.54, 1.807) is 19.1 Å². The molecule has 0 unspecified atom stereocenters. The third-order valence-corrected chi connectivity index (χ3v) is 2.03. The van der Waals surface area contributed by atoms with Gasteiger partial charge in [-0.3, -0.25) is 4.79 Å². The van der Waals surface area contributed by atoms with Crippen molar-refractivity contribution in [2.45, 2.75) is 6.92 Å². The lowest BCUT2D eigenvalue weighted by Crippen LogP contribution is -2.09. The Bertz CT molecular complexity index is 566. The van der Waals surface area contributed by atoms with Crippen LogP contribution in [-0.4, -0.2) is 9.97 Å². The molecular formula is C11H9FN2O2. The number of aryl methyl sites for hydroxylation is 1. The average Bonchev–Trinajstić information content (AvgIpc) is 2.27. The van der Waals surface area contributed by atoms with Gasteiger partial charge in [0.05, 0.1) is 0 Å². The first kappa shape index (κ1) is 10.4. The fourth-order valence-electron chi connectivity index (χ4n) is 1.16. The molecule has 0 aliphatic carbocycles. The van der Waals surface area contributed by atoms with E-state index in [2.05, 4.69) is 9.97 Å². The van der Waals surface area contributed by atoms with E-state index in [4.69, 9.17) is 4.74 Å². The zero-order valence-corrected chi connectivity index (χ0v) is 8.53. The fraction of sp³-hybridized carbons (Fsp3) is 0.0909. The number of nitrogens with zero attached hydrogens (tertiary/aromatic N) is 1. The van der Waals surface area contributed by atoms with Crippen molar-refractivity contribution in [2.24, 2.45) is 0 Å². The second-order valence-electron chi connectivity index (χ2n) is 3.24. The van der Waals surface area contributed by atoms with Crippen LogP contribution in [0.25, 0.3) is 0 Å². The van der Waals surface area contributed by atoms with Gasteiger partial charge >= 0.3 is 5.56 Å². The number of nitrogens with one attached hydrogen (secondary N) is 1. The summed E-state index contributed by atoms with van der Waals surface area (Å²) in [6.07, 6.45) is 2.78. The third-order valence-electron chi connectivity index (χ3n) is 2.03. The number of ether oxygens (including phenoxy) is 1. The van der Waals surface area contributed by atoms with Crippen molar-refractivity contribution >= 4 is 0 Å². The molecule has 1 N–H and O–H groups in total. The molecule has 0 radical (unpaired) electrons. The molecule has 0 fully saturated rings. The Balaban J connectivity index is 2.31. The minimum absolute atomic E-state index is 0.106. The Morgan fingerprint density at radius 1 is 1.44 bits per heavy atom. The SMILES string of the molecule is Cc1ccc(Oc2ncc[nH]c2=O)cc1F. The Hall–Kier alpha value is -2.17. The van der Waals surface area contributed by atoms with Crippen molar-refractivity contribution in [2.75, 3.05) is 0 Å². The van der Waals surface area contributed by atoms with Gasteiger partial charge in [0, 0.05) is 18.5 Å². The van der Waals surface area contributed by atoms with Crippen molar-refractivity contribution in [1.82, 2.24) is 9.97 Å². The predicted molar refractivity (Wildman–Crippen MR) is 56.1 cm³/mol. The molecular weight excluding hydrogens is 211 g/mol. The van der Waals surface area contributed by atoms with Crippen LogP contribution in [0.4, 0.5) is 4.39 Å². The van der Waals surface area contributed by atoms with Gasteiger partial charge in [-0.15, -0.1) is 0 Å². The summed E-state index contributed by atoms with van der Waals surface area (Å²) < 4.78 is 18.3. The van der Waals surface area contributed by atoms with E-state index in [1.807, 2.05) is 0 Å². The molecule has 16 heavy (non-hydrogen) atoms. The zero-order valence-electron chi connectivity index (χ0n) is 8.53. The molecule has 0 atom stereocenters. The Morgan fingerprint density at radius 2 is 2.25 bits per heavy atom. The first-order chi connectivity index (χ1) is 7.66. The number of hydrogen-bond acceptors (Lipinski definition) is 3. The highest BCUT2D eigenvalue weighted by atomic mass is 19.1. The van der Waals surface area contributed by atoms with E-state index in [0.29, 0.717) is 5.56 Å². The topological polar surface area (TPSA) is 55.0 Å². The number of aromatic amines is 1. The second kappa shape index (κ2) is 4.14. The summed E-state index contributed by atoms with van der Waals surface area (Å²) in [5.74, 6) is -0.247. The van der Waals surface area contributed by atoms with Gasteiger partial charge in [0.25, 0.3) is 5.88 Å². The van der Waals surface area contributed by atoms with Gasteiger partial charge in [0.1, 0.15) is 11.6 Å². The molecule has 0 bridgehead atoms. The maximum absolute atomic E-state index is 13.2. The molecule has 82 valence electrons. The van der Waals surface area contributed by atoms with Gasteiger partial charge < -0.3 is 9.72 Å². The standard InChI is InChI=1S/C11H9FN2O2/c1-7-2-3-8(6-9(7)12)16-11-10(15)13-4-5-14-11/h2-6H,1H3,(H,13,15). The highest BCUT2D eigenvalue weighted by Gasteiger charge is 2.05. The van der Waals surface area contributed by atoms with Crippen LogP contribution in [0.2, 0.25) is 0 Å². The molecule has 0 saturated carbocycles. The van der Waals surface area contributed by atoms with Gasteiger partial charge in [-0.25, -0.2) is 9.37 Å². The van der Waals surface area contributed by atoms with Crippen LogP contribution in [0.15, 0.2) is 35.4 Å². The zero-order chi connectivity index (χ0) is 11.5. The van der Waals surface area contributed by atoms with Crippen LogP contribution < -0.4 is 10.3 Å². The first-order valence-electron chi connectivity index (χ1n) is 4.64. The average molecular weight is 220 g/mol. The second-order valence-corrected chi connectivity index (χ2v) is 3.24. The third kappa shape index (κ3) is 2.08. The minimum atomic E-state index is -0.455. The Kier molecular flexibility index (Phi) is 2.68. The van der Waals surface area contributed by atoms with E-state index in [9.17, 15) is 9.18 Å². The van der Waals surface area contributed by atoms with Crippen molar-refractivity contribution in [3.8, 4) is 11.6 Å². The van der Waals surface area contributed by atoms with Gasteiger partial charge in [-0.1, -0.05) is 6.07 Å². The molecule has 2 aromatic rings. The summed E-state index contributed by atoms with van der Waals surface area (Å²) in [5, 5.41) is 0. The van der Waals surface area contributed by atoms with E-state index in [-0.39, 0.29) is 17.4 Å². The first-order valence-corrected chi connectivity index (χ1v) is 4.64. The predicted octanol–water partition coefficient (Wildman–Crippen LogP) is 2.01. The molecule has 0 saturated heterocycles. The summed E-state index contributed by atoms with van der Waals surface area (Å²) in [5.41, 5.74) is 0.0609. The normalized spacial score (nSPS) is 10.1. The van der Waals surface area contributed by atoms with Gasteiger partial charge in [0.15, 0.2) is 0 Å². The molecule has 1 aromatic carbocycles. The molecule has 2 rings (SSSR count). The van der Waals surface area contributed by atoms with Crippen LogP contribution in [-0.2, 0) is 0 Å². The molecule has 0 amide bonds. The summed E-state index contributed by atoms with van der Waals surface area (Å²) >= 11 is 0. The lowest BCUT2D eigenvalue weighted by molar-refractivity contribution is 0.449. The van der Waals surface area contributed by atoms with E-state index >= 15 is 0 Å². The van der Waals surface area contributed by atoms with E-state index in [1.165, 1.54) is 18.5 Å². The van der Waals surface area contributed by atoms with Crippen LogP contribution in [0.3, 0.4) is 0 Å². The van der Waals surface area contributed by atoms with Gasteiger partial charge in [0.2, 0.25) is 0 Å². The number of hydrogen-bond donors (Lipinski definition) is 1. The number of H-pyrrole nitrogens is 1. The van der Waals surface area contributed by atoms with Crippen molar-refractivity contribution in [3.05, 3.63) is 52.3 Å². The molecule has 0 aliphatic heterocycles. The monoisotopic (exact) mass is 220 g/mol. The maximum Gasteiger partial charge on any atom is 0.311 e. The molecule has 1 heterocycles. The largest absolute Gasteiger partial charge is 0.435 e. The molecule has 4 nitrogen and oxygen atoms in total. The summed E-state index contributed by atoms with van der Waals surface area (Å²) in [4.78, 5) is 17.4. The molecule has 5 heteroatoms. The van der Waals surface area contributed by atoms with Crippen molar-refractivity contribution < 1.29 is 9.13 Å². The maximum atomic E-state index is 13.2. The van der Waals surface area contributed by atoms with Crippen LogP contribution in [0.1, 0.15) is 5.56 Å².